The Bertz CT molecular complexity index is 350. The van der Waals surface area contributed by atoms with Crippen molar-refractivity contribution in [3.05, 3.63) is 29.6 Å². The van der Waals surface area contributed by atoms with Crippen LogP contribution in [0.3, 0.4) is 0 Å². The predicted molar refractivity (Wildman–Crippen MR) is 62.3 cm³/mol. The number of hydrogen-bond donors (Lipinski definition) is 1. The average Bonchev–Trinajstić information content (AvgIpc) is 3.07. The van der Waals surface area contributed by atoms with E-state index < -0.39 is 0 Å². The van der Waals surface area contributed by atoms with Gasteiger partial charge < -0.3 is 10.1 Å². The molecule has 1 fully saturated rings. The van der Waals surface area contributed by atoms with Crippen LogP contribution in [0.15, 0.2) is 18.2 Å². The Morgan fingerprint density at radius 1 is 1.44 bits per heavy atom. The first-order valence-corrected chi connectivity index (χ1v) is 5.88. The third-order valence-electron chi connectivity index (χ3n) is 2.73. The van der Waals surface area contributed by atoms with Crippen LogP contribution < -0.4 is 10.1 Å². The Labute approximate surface area is 95.8 Å². The standard InChI is InChI=1S/C13H18FNO/c1-10-9-12(5-6-13(10)14)16-8-2-7-15-11-3-4-11/h5-6,9,11,15H,2-4,7-8H2,1H3. The second-order valence-corrected chi connectivity index (χ2v) is 4.34. The highest BCUT2D eigenvalue weighted by molar-refractivity contribution is 5.28. The molecule has 2 nitrogen and oxygen atoms in total. The van der Waals surface area contributed by atoms with Crippen LogP contribution in [-0.2, 0) is 0 Å². The smallest absolute Gasteiger partial charge is 0.126 e. The summed E-state index contributed by atoms with van der Waals surface area (Å²) in [5.41, 5.74) is 0.633. The van der Waals surface area contributed by atoms with Gasteiger partial charge in [-0.25, -0.2) is 4.39 Å². The minimum atomic E-state index is -0.178. The highest BCUT2D eigenvalue weighted by Crippen LogP contribution is 2.18. The number of benzene rings is 1. The van der Waals surface area contributed by atoms with Gasteiger partial charge in [-0.15, -0.1) is 0 Å². The van der Waals surface area contributed by atoms with E-state index in [-0.39, 0.29) is 5.82 Å². The molecule has 0 atom stereocenters. The Hall–Kier alpha value is -1.09. The molecule has 16 heavy (non-hydrogen) atoms. The maximum absolute atomic E-state index is 13.0. The summed E-state index contributed by atoms with van der Waals surface area (Å²) >= 11 is 0. The topological polar surface area (TPSA) is 21.3 Å². The first-order chi connectivity index (χ1) is 7.75. The van der Waals surface area contributed by atoms with Gasteiger partial charge >= 0.3 is 0 Å². The van der Waals surface area contributed by atoms with Crippen LogP contribution >= 0.6 is 0 Å². The van der Waals surface area contributed by atoms with E-state index in [1.54, 1.807) is 19.1 Å². The molecule has 0 aliphatic heterocycles. The molecular formula is C13H18FNO. The number of rotatable bonds is 6. The lowest BCUT2D eigenvalue weighted by molar-refractivity contribution is 0.307. The number of ether oxygens (including phenoxy) is 1. The van der Waals surface area contributed by atoms with Gasteiger partial charge in [0.15, 0.2) is 0 Å². The molecule has 1 aromatic rings. The van der Waals surface area contributed by atoms with E-state index in [4.69, 9.17) is 4.74 Å². The largest absolute Gasteiger partial charge is 0.494 e. The molecule has 3 heteroatoms. The molecule has 0 aromatic heterocycles. The Balaban J connectivity index is 1.65. The number of nitrogens with one attached hydrogen (secondary N) is 1. The van der Waals surface area contributed by atoms with Crippen molar-refractivity contribution in [3.63, 3.8) is 0 Å². The van der Waals surface area contributed by atoms with Crippen molar-refractivity contribution in [2.24, 2.45) is 0 Å². The fourth-order valence-electron chi connectivity index (χ4n) is 1.56. The molecule has 1 aliphatic carbocycles. The summed E-state index contributed by atoms with van der Waals surface area (Å²) in [5.74, 6) is 0.577. The first kappa shape index (κ1) is 11.4. The first-order valence-electron chi connectivity index (χ1n) is 5.88. The van der Waals surface area contributed by atoms with E-state index in [9.17, 15) is 4.39 Å². The number of halogens is 1. The van der Waals surface area contributed by atoms with E-state index in [1.165, 1.54) is 18.9 Å². The number of aryl methyl sites for hydroxylation is 1. The van der Waals surface area contributed by atoms with Gasteiger partial charge in [0.1, 0.15) is 11.6 Å². The second kappa shape index (κ2) is 5.30. The summed E-state index contributed by atoms with van der Waals surface area (Å²) in [6.07, 6.45) is 3.63. The zero-order valence-electron chi connectivity index (χ0n) is 9.63. The molecule has 0 bridgehead atoms. The van der Waals surface area contributed by atoms with Crippen LogP contribution in [0.25, 0.3) is 0 Å². The van der Waals surface area contributed by atoms with Crippen LogP contribution in [0.4, 0.5) is 4.39 Å². The molecule has 0 amide bonds. The molecule has 0 spiro atoms. The normalized spacial score (nSPS) is 15.1. The van der Waals surface area contributed by atoms with Gasteiger partial charge in [0, 0.05) is 6.04 Å². The van der Waals surface area contributed by atoms with Crippen LogP contribution in [0, 0.1) is 12.7 Å². The minimum Gasteiger partial charge on any atom is -0.494 e. The lowest BCUT2D eigenvalue weighted by Crippen LogP contribution is -2.19. The molecule has 88 valence electrons. The van der Waals surface area contributed by atoms with Gasteiger partial charge in [-0.3, -0.25) is 0 Å². The molecular weight excluding hydrogens is 205 g/mol. The van der Waals surface area contributed by atoms with E-state index in [1.807, 2.05) is 0 Å². The summed E-state index contributed by atoms with van der Waals surface area (Å²) in [4.78, 5) is 0. The summed E-state index contributed by atoms with van der Waals surface area (Å²) in [6, 6.07) is 5.63. The van der Waals surface area contributed by atoms with Crippen LogP contribution in [0.2, 0.25) is 0 Å². The quantitative estimate of drug-likeness (QED) is 0.749. The third-order valence-corrected chi connectivity index (χ3v) is 2.73. The zero-order valence-corrected chi connectivity index (χ0v) is 9.63. The summed E-state index contributed by atoms with van der Waals surface area (Å²) in [5, 5.41) is 3.42. The highest BCUT2D eigenvalue weighted by Gasteiger charge is 2.19. The van der Waals surface area contributed by atoms with Crippen molar-refractivity contribution in [1.29, 1.82) is 0 Å². The highest BCUT2D eigenvalue weighted by atomic mass is 19.1. The van der Waals surface area contributed by atoms with E-state index in [0.717, 1.165) is 24.8 Å². The molecule has 1 N–H and O–H groups in total. The van der Waals surface area contributed by atoms with Crippen LogP contribution in [-0.4, -0.2) is 19.2 Å². The minimum absolute atomic E-state index is 0.178. The lowest BCUT2D eigenvalue weighted by atomic mass is 10.2. The van der Waals surface area contributed by atoms with Gasteiger partial charge in [-0.05, 0) is 56.5 Å². The third kappa shape index (κ3) is 3.49. The fourth-order valence-corrected chi connectivity index (χ4v) is 1.56. The molecule has 2 rings (SSSR count). The monoisotopic (exact) mass is 223 g/mol. The van der Waals surface area contributed by atoms with E-state index in [0.29, 0.717) is 12.2 Å². The molecule has 0 saturated heterocycles. The second-order valence-electron chi connectivity index (χ2n) is 4.34. The SMILES string of the molecule is Cc1cc(OCCCNC2CC2)ccc1F. The van der Waals surface area contributed by atoms with Crippen molar-refractivity contribution >= 4 is 0 Å². The van der Waals surface area contributed by atoms with E-state index in [2.05, 4.69) is 5.32 Å². The van der Waals surface area contributed by atoms with Gasteiger partial charge in [0.2, 0.25) is 0 Å². The molecule has 0 radical (unpaired) electrons. The van der Waals surface area contributed by atoms with Crippen molar-refractivity contribution in [3.8, 4) is 5.75 Å². The van der Waals surface area contributed by atoms with Crippen molar-refractivity contribution in [2.45, 2.75) is 32.2 Å². The van der Waals surface area contributed by atoms with Gasteiger partial charge in [0.05, 0.1) is 6.61 Å². The van der Waals surface area contributed by atoms with Gasteiger partial charge in [-0.1, -0.05) is 0 Å². The lowest BCUT2D eigenvalue weighted by Gasteiger charge is -2.07. The molecule has 0 heterocycles. The van der Waals surface area contributed by atoms with Gasteiger partial charge in [0.25, 0.3) is 0 Å². The van der Waals surface area contributed by atoms with Crippen LogP contribution in [0.5, 0.6) is 5.75 Å². The predicted octanol–water partition coefficient (Wildman–Crippen LogP) is 2.66. The van der Waals surface area contributed by atoms with Crippen molar-refractivity contribution in [2.75, 3.05) is 13.2 Å². The molecule has 0 unspecified atom stereocenters. The maximum atomic E-state index is 13.0. The fraction of sp³-hybridized carbons (Fsp3) is 0.538. The van der Waals surface area contributed by atoms with Crippen LogP contribution in [0.1, 0.15) is 24.8 Å². The molecule has 1 saturated carbocycles. The summed E-state index contributed by atoms with van der Waals surface area (Å²) < 4.78 is 18.5. The Morgan fingerprint density at radius 2 is 2.25 bits per heavy atom. The summed E-state index contributed by atoms with van der Waals surface area (Å²) in [7, 11) is 0. The Kier molecular flexibility index (Phi) is 3.78. The number of hydrogen-bond acceptors (Lipinski definition) is 2. The average molecular weight is 223 g/mol. The Morgan fingerprint density at radius 3 is 2.94 bits per heavy atom. The van der Waals surface area contributed by atoms with Crippen molar-refractivity contribution < 1.29 is 9.13 Å². The van der Waals surface area contributed by atoms with Crippen molar-refractivity contribution in [1.82, 2.24) is 5.32 Å². The molecule has 1 aliphatic rings. The van der Waals surface area contributed by atoms with E-state index >= 15 is 0 Å². The molecule has 1 aromatic carbocycles. The summed E-state index contributed by atoms with van der Waals surface area (Å²) in [6.45, 7) is 3.44. The maximum Gasteiger partial charge on any atom is 0.126 e. The zero-order chi connectivity index (χ0) is 11.4. The van der Waals surface area contributed by atoms with Gasteiger partial charge in [-0.2, -0.15) is 0 Å².